The summed E-state index contributed by atoms with van der Waals surface area (Å²) in [4.78, 5) is 28.4. The summed E-state index contributed by atoms with van der Waals surface area (Å²) < 4.78 is 5.38. The van der Waals surface area contributed by atoms with Crippen LogP contribution in [0.15, 0.2) is 59.6 Å². The maximum absolute atomic E-state index is 12.3. The Labute approximate surface area is 201 Å². The van der Waals surface area contributed by atoms with Crippen molar-refractivity contribution in [2.24, 2.45) is 4.99 Å². The number of amides is 1. The van der Waals surface area contributed by atoms with Gasteiger partial charge >= 0.3 is 5.97 Å². The lowest BCUT2D eigenvalue weighted by Gasteiger charge is -2.21. The minimum absolute atomic E-state index is 0. The molecule has 1 amide bonds. The number of carbonyl (C=O) groups is 2. The normalized spacial score (nSPS) is 11.2. The van der Waals surface area contributed by atoms with Crippen molar-refractivity contribution in [1.29, 1.82) is 0 Å². The molecule has 7 nitrogen and oxygen atoms in total. The molecule has 31 heavy (non-hydrogen) atoms. The van der Waals surface area contributed by atoms with Crippen molar-refractivity contribution >= 4 is 41.8 Å². The molecule has 168 valence electrons. The van der Waals surface area contributed by atoms with E-state index in [1.165, 1.54) is 0 Å². The second-order valence-corrected chi connectivity index (χ2v) is 7.84. The molecule has 0 saturated heterocycles. The SMILES string of the molecule is CN=C(NCC(=O)NC(C)(C)C)NCc1cccc(C(=O)OCc2ccccc2)c1.I. The summed E-state index contributed by atoms with van der Waals surface area (Å²) in [5.74, 6) is 0.00628. The molecule has 0 heterocycles. The van der Waals surface area contributed by atoms with Gasteiger partial charge in [0.25, 0.3) is 0 Å². The van der Waals surface area contributed by atoms with Crippen LogP contribution in [0.4, 0.5) is 0 Å². The molecule has 0 spiro atoms. The van der Waals surface area contributed by atoms with Crippen molar-refractivity contribution in [2.75, 3.05) is 13.6 Å². The lowest BCUT2D eigenvalue weighted by atomic mass is 10.1. The van der Waals surface area contributed by atoms with Gasteiger partial charge in [0.15, 0.2) is 5.96 Å². The number of nitrogens with one attached hydrogen (secondary N) is 3. The summed E-state index contributed by atoms with van der Waals surface area (Å²) in [6, 6.07) is 16.8. The molecule has 0 aliphatic rings. The minimum atomic E-state index is -0.373. The first-order chi connectivity index (χ1) is 14.3. The topological polar surface area (TPSA) is 91.8 Å². The summed E-state index contributed by atoms with van der Waals surface area (Å²) >= 11 is 0. The zero-order chi connectivity index (χ0) is 22.0. The van der Waals surface area contributed by atoms with Gasteiger partial charge in [0.1, 0.15) is 6.61 Å². The molecule has 0 unspecified atom stereocenters. The van der Waals surface area contributed by atoms with E-state index in [2.05, 4.69) is 20.9 Å². The lowest BCUT2D eigenvalue weighted by molar-refractivity contribution is -0.121. The van der Waals surface area contributed by atoms with Gasteiger partial charge in [-0.25, -0.2) is 4.79 Å². The first-order valence-corrected chi connectivity index (χ1v) is 9.82. The third kappa shape index (κ3) is 10.3. The van der Waals surface area contributed by atoms with Gasteiger partial charge in [0.2, 0.25) is 5.91 Å². The highest BCUT2D eigenvalue weighted by Crippen LogP contribution is 2.09. The largest absolute Gasteiger partial charge is 0.457 e. The fourth-order valence-corrected chi connectivity index (χ4v) is 2.65. The average Bonchev–Trinajstić information content (AvgIpc) is 2.72. The van der Waals surface area contributed by atoms with Crippen LogP contribution in [0.3, 0.4) is 0 Å². The van der Waals surface area contributed by atoms with Crippen LogP contribution in [0.5, 0.6) is 0 Å². The summed E-state index contributed by atoms with van der Waals surface area (Å²) in [5.41, 5.74) is 2.03. The van der Waals surface area contributed by atoms with E-state index in [4.69, 9.17) is 4.74 Å². The maximum Gasteiger partial charge on any atom is 0.338 e. The number of hydrogen-bond acceptors (Lipinski definition) is 4. The predicted octanol–water partition coefficient (Wildman–Crippen LogP) is 3.24. The predicted molar refractivity (Wildman–Crippen MR) is 134 cm³/mol. The van der Waals surface area contributed by atoms with Crippen molar-refractivity contribution in [3.63, 3.8) is 0 Å². The highest BCUT2D eigenvalue weighted by atomic mass is 127. The van der Waals surface area contributed by atoms with Crippen LogP contribution in [0, 0.1) is 0 Å². The molecule has 2 aromatic rings. The minimum Gasteiger partial charge on any atom is -0.457 e. The van der Waals surface area contributed by atoms with Crippen LogP contribution in [0.2, 0.25) is 0 Å². The number of benzene rings is 2. The van der Waals surface area contributed by atoms with Crippen LogP contribution in [-0.2, 0) is 22.7 Å². The van der Waals surface area contributed by atoms with E-state index < -0.39 is 0 Å². The second kappa shape index (κ2) is 12.9. The van der Waals surface area contributed by atoms with Gasteiger partial charge in [-0.1, -0.05) is 42.5 Å². The number of esters is 1. The van der Waals surface area contributed by atoms with Gasteiger partial charge in [-0.05, 0) is 44.0 Å². The second-order valence-electron chi connectivity index (χ2n) is 7.84. The molecule has 0 saturated carbocycles. The number of carbonyl (C=O) groups excluding carboxylic acids is 2. The van der Waals surface area contributed by atoms with Gasteiger partial charge in [0.05, 0.1) is 12.1 Å². The molecule has 0 aliphatic carbocycles. The third-order valence-corrected chi connectivity index (χ3v) is 3.99. The number of ether oxygens (including phenoxy) is 1. The molecule has 0 atom stereocenters. The molecule has 3 N–H and O–H groups in total. The van der Waals surface area contributed by atoms with Crippen LogP contribution in [0.1, 0.15) is 42.3 Å². The maximum atomic E-state index is 12.3. The highest BCUT2D eigenvalue weighted by molar-refractivity contribution is 14.0. The fraction of sp³-hybridized carbons (Fsp3) is 0.348. The van der Waals surface area contributed by atoms with Gasteiger partial charge in [-0.15, -0.1) is 24.0 Å². The zero-order valence-electron chi connectivity index (χ0n) is 18.4. The van der Waals surface area contributed by atoms with E-state index in [0.29, 0.717) is 18.1 Å². The molecule has 0 fully saturated rings. The van der Waals surface area contributed by atoms with Gasteiger partial charge in [-0.2, -0.15) is 0 Å². The van der Waals surface area contributed by atoms with Crippen molar-refractivity contribution in [3.8, 4) is 0 Å². The average molecular weight is 538 g/mol. The molecular weight excluding hydrogens is 507 g/mol. The molecule has 8 heteroatoms. The molecule has 2 rings (SSSR count). The van der Waals surface area contributed by atoms with Crippen molar-refractivity contribution in [1.82, 2.24) is 16.0 Å². The van der Waals surface area contributed by atoms with E-state index >= 15 is 0 Å². The Bertz CT molecular complexity index is 880. The number of guanidine groups is 1. The number of aliphatic imine (C=N–C) groups is 1. The number of halogens is 1. The number of hydrogen-bond donors (Lipinski definition) is 3. The molecule has 0 aliphatic heterocycles. The highest BCUT2D eigenvalue weighted by Gasteiger charge is 2.14. The summed E-state index contributed by atoms with van der Waals surface area (Å²) in [5, 5.41) is 8.99. The zero-order valence-corrected chi connectivity index (χ0v) is 20.7. The monoisotopic (exact) mass is 538 g/mol. The van der Waals surface area contributed by atoms with Gasteiger partial charge in [-0.3, -0.25) is 9.79 Å². The summed E-state index contributed by atoms with van der Waals surface area (Å²) in [7, 11) is 1.63. The van der Waals surface area contributed by atoms with E-state index in [9.17, 15) is 9.59 Å². The third-order valence-electron chi connectivity index (χ3n) is 3.99. The summed E-state index contributed by atoms with van der Waals surface area (Å²) in [6.07, 6.45) is 0. The Hall–Kier alpha value is -2.62. The Kier molecular flexibility index (Phi) is 11.0. The number of rotatable bonds is 7. The first-order valence-electron chi connectivity index (χ1n) is 9.82. The van der Waals surface area contributed by atoms with Crippen molar-refractivity contribution in [2.45, 2.75) is 39.5 Å². The Balaban J connectivity index is 0.00000480. The van der Waals surface area contributed by atoms with E-state index in [1.54, 1.807) is 19.2 Å². The first kappa shape index (κ1) is 26.4. The summed E-state index contributed by atoms with van der Waals surface area (Å²) in [6.45, 7) is 6.57. The van der Waals surface area contributed by atoms with Gasteiger partial charge in [0, 0.05) is 19.1 Å². The van der Waals surface area contributed by atoms with Crippen LogP contribution in [0.25, 0.3) is 0 Å². The molecular formula is C23H31IN4O3. The molecule has 0 aromatic heterocycles. The fourth-order valence-electron chi connectivity index (χ4n) is 2.65. The molecule has 2 aromatic carbocycles. The van der Waals surface area contributed by atoms with Crippen molar-refractivity contribution in [3.05, 3.63) is 71.3 Å². The lowest BCUT2D eigenvalue weighted by Crippen LogP contribution is -2.48. The standard InChI is InChI=1S/C23H30N4O3.HI/c1-23(2,3)27-20(28)15-26-22(24-4)25-14-18-11-8-12-19(13-18)21(29)30-16-17-9-6-5-7-10-17;/h5-13H,14-16H2,1-4H3,(H,27,28)(H2,24,25,26);1H. The smallest absolute Gasteiger partial charge is 0.338 e. The van der Waals surface area contributed by atoms with Crippen LogP contribution in [-0.4, -0.2) is 37.0 Å². The Morgan fingerprint density at radius 1 is 0.968 bits per heavy atom. The van der Waals surface area contributed by atoms with Crippen LogP contribution < -0.4 is 16.0 Å². The van der Waals surface area contributed by atoms with Crippen molar-refractivity contribution < 1.29 is 14.3 Å². The molecule has 0 bridgehead atoms. The van der Waals surface area contributed by atoms with E-state index in [-0.39, 0.29) is 54.5 Å². The Morgan fingerprint density at radius 2 is 1.65 bits per heavy atom. The van der Waals surface area contributed by atoms with Crippen LogP contribution >= 0.6 is 24.0 Å². The quantitative estimate of drug-likeness (QED) is 0.218. The molecule has 0 radical (unpaired) electrons. The Morgan fingerprint density at radius 3 is 2.29 bits per heavy atom. The number of nitrogens with zero attached hydrogens (tertiary/aromatic N) is 1. The van der Waals surface area contributed by atoms with E-state index in [0.717, 1.165) is 11.1 Å². The van der Waals surface area contributed by atoms with E-state index in [1.807, 2.05) is 63.2 Å². The van der Waals surface area contributed by atoms with Gasteiger partial charge < -0.3 is 20.7 Å².